The van der Waals surface area contributed by atoms with Crippen LogP contribution in [0.25, 0.3) is 11.4 Å². The van der Waals surface area contributed by atoms with Gasteiger partial charge in [0, 0.05) is 44.8 Å². The van der Waals surface area contributed by atoms with Crippen molar-refractivity contribution in [2.45, 2.75) is 26.3 Å². The van der Waals surface area contributed by atoms with Crippen molar-refractivity contribution in [1.82, 2.24) is 24.8 Å². The summed E-state index contributed by atoms with van der Waals surface area (Å²) in [5, 5.41) is 3.98. The van der Waals surface area contributed by atoms with E-state index < -0.39 is 0 Å². The second-order valence-corrected chi connectivity index (χ2v) is 7.62. The Balaban J connectivity index is 1.27. The maximum Gasteiger partial charge on any atom is 0.241 e. The van der Waals surface area contributed by atoms with E-state index in [2.05, 4.69) is 19.9 Å². The van der Waals surface area contributed by atoms with Crippen LogP contribution in [0.15, 0.2) is 22.7 Å². The number of piperazine rings is 1. The van der Waals surface area contributed by atoms with E-state index in [1.807, 2.05) is 4.90 Å². The number of nitrogens with zero attached hydrogens (tertiary/aromatic N) is 5. The zero-order chi connectivity index (χ0) is 19.5. The zero-order valence-corrected chi connectivity index (χ0v) is 16.2. The minimum Gasteiger partial charge on any atom is -0.342 e. The number of halogens is 1. The number of rotatable bonds is 5. The quantitative estimate of drug-likeness (QED) is 0.781. The number of amides is 1. The molecule has 0 saturated carbocycles. The van der Waals surface area contributed by atoms with Crippen LogP contribution in [0.2, 0.25) is 0 Å². The van der Waals surface area contributed by atoms with Crippen molar-refractivity contribution in [2.75, 3.05) is 45.8 Å². The Kier molecular flexibility index (Phi) is 5.68. The van der Waals surface area contributed by atoms with Crippen LogP contribution in [0.1, 0.15) is 24.3 Å². The summed E-state index contributed by atoms with van der Waals surface area (Å²) in [6.07, 6.45) is 2.25. The molecule has 7 nitrogen and oxygen atoms in total. The van der Waals surface area contributed by atoms with Gasteiger partial charge in [-0.2, -0.15) is 4.98 Å². The number of carbonyl (C=O) groups is 1. The van der Waals surface area contributed by atoms with Crippen LogP contribution in [-0.4, -0.2) is 76.6 Å². The minimum atomic E-state index is -0.275. The molecular formula is C20H26FN5O2. The van der Waals surface area contributed by atoms with Crippen molar-refractivity contribution in [2.24, 2.45) is 0 Å². The highest BCUT2D eigenvalue weighted by atomic mass is 19.1. The number of aromatic nitrogens is 2. The summed E-state index contributed by atoms with van der Waals surface area (Å²) in [4.78, 5) is 23.1. The molecule has 2 aliphatic heterocycles. The predicted molar refractivity (Wildman–Crippen MR) is 102 cm³/mol. The molecule has 0 N–H and O–H groups in total. The lowest BCUT2D eigenvalue weighted by Gasteiger charge is -2.34. The number of likely N-dealkylation sites (tertiary alicyclic amines) is 1. The highest BCUT2D eigenvalue weighted by Crippen LogP contribution is 2.19. The average molecular weight is 387 g/mol. The van der Waals surface area contributed by atoms with Crippen LogP contribution < -0.4 is 0 Å². The van der Waals surface area contributed by atoms with Gasteiger partial charge in [0.2, 0.25) is 17.6 Å². The zero-order valence-electron chi connectivity index (χ0n) is 16.2. The molecule has 2 saturated heterocycles. The summed E-state index contributed by atoms with van der Waals surface area (Å²) in [5.41, 5.74) is 1.21. The van der Waals surface area contributed by atoms with E-state index in [1.54, 1.807) is 19.1 Å². The van der Waals surface area contributed by atoms with Crippen molar-refractivity contribution in [3.8, 4) is 11.4 Å². The number of aryl methyl sites for hydroxylation is 1. The van der Waals surface area contributed by atoms with Crippen molar-refractivity contribution in [1.29, 1.82) is 0 Å². The summed E-state index contributed by atoms with van der Waals surface area (Å²) < 4.78 is 19.1. The van der Waals surface area contributed by atoms with Crippen molar-refractivity contribution < 1.29 is 13.7 Å². The maximum absolute atomic E-state index is 13.7. The first-order valence-corrected chi connectivity index (χ1v) is 9.90. The molecule has 0 atom stereocenters. The van der Waals surface area contributed by atoms with E-state index in [1.165, 1.54) is 6.07 Å². The molecule has 2 fully saturated rings. The van der Waals surface area contributed by atoms with Gasteiger partial charge >= 0.3 is 0 Å². The van der Waals surface area contributed by atoms with Crippen molar-refractivity contribution in [3.63, 3.8) is 0 Å². The third-order valence-corrected chi connectivity index (χ3v) is 5.54. The van der Waals surface area contributed by atoms with Gasteiger partial charge in [0.05, 0.1) is 13.1 Å². The highest BCUT2D eigenvalue weighted by Gasteiger charge is 2.24. The Labute approximate surface area is 164 Å². The molecule has 2 aromatic rings. The van der Waals surface area contributed by atoms with Crippen molar-refractivity contribution >= 4 is 5.91 Å². The standard InChI is InChI=1S/C20H26FN5O2/c1-15-4-5-16(12-17(15)21)20-22-18(28-23-20)13-24-8-10-25(11-9-24)14-19(27)26-6-2-3-7-26/h4-5,12H,2-3,6-11,13-14H2,1H3. The maximum atomic E-state index is 13.7. The van der Waals surface area contributed by atoms with Crippen LogP contribution in [0, 0.1) is 12.7 Å². The molecule has 1 aromatic heterocycles. The lowest BCUT2D eigenvalue weighted by Crippen LogP contribution is -2.49. The van der Waals surface area contributed by atoms with Crippen LogP contribution in [0.5, 0.6) is 0 Å². The van der Waals surface area contributed by atoms with Crippen LogP contribution in [-0.2, 0) is 11.3 Å². The van der Waals surface area contributed by atoms with Gasteiger partial charge < -0.3 is 9.42 Å². The fraction of sp³-hybridized carbons (Fsp3) is 0.550. The molecule has 150 valence electrons. The highest BCUT2D eigenvalue weighted by molar-refractivity contribution is 5.78. The summed E-state index contributed by atoms with van der Waals surface area (Å²) >= 11 is 0. The van der Waals surface area contributed by atoms with Gasteiger partial charge in [0.15, 0.2) is 0 Å². The minimum absolute atomic E-state index is 0.248. The molecule has 1 aromatic carbocycles. The SMILES string of the molecule is Cc1ccc(-c2noc(CN3CCN(CC(=O)N4CCCC4)CC3)n2)cc1F. The summed E-state index contributed by atoms with van der Waals surface area (Å²) in [6, 6.07) is 4.94. The number of carbonyl (C=O) groups excluding carboxylic acids is 1. The van der Waals surface area contributed by atoms with Gasteiger partial charge in [-0.1, -0.05) is 17.3 Å². The van der Waals surface area contributed by atoms with Gasteiger partial charge in [-0.15, -0.1) is 0 Å². The number of hydrogen-bond donors (Lipinski definition) is 0. The van der Waals surface area contributed by atoms with Gasteiger partial charge in [-0.3, -0.25) is 14.6 Å². The smallest absolute Gasteiger partial charge is 0.241 e. The van der Waals surface area contributed by atoms with Gasteiger partial charge in [-0.05, 0) is 31.4 Å². The second-order valence-electron chi connectivity index (χ2n) is 7.62. The molecule has 2 aliphatic rings. The van der Waals surface area contributed by atoms with Crippen LogP contribution in [0.3, 0.4) is 0 Å². The molecule has 28 heavy (non-hydrogen) atoms. The molecule has 8 heteroatoms. The van der Waals surface area contributed by atoms with Crippen LogP contribution in [0.4, 0.5) is 4.39 Å². The summed E-state index contributed by atoms with van der Waals surface area (Å²) in [7, 11) is 0. The third-order valence-electron chi connectivity index (χ3n) is 5.54. The Bertz CT molecular complexity index is 826. The number of hydrogen-bond acceptors (Lipinski definition) is 6. The fourth-order valence-electron chi connectivity index (χ4n) is 3.72. The normalized spacial score (nSPS) is 18.7. The summed E-state index contributed by atoms with van der Waals surface area (Å²) in [5.74, 6) is 0.905. The van der Waals surface area contributed by atoms with Crippen LogP contribution >= 0.6 is 0 Å². The second kappa shape index (κ2) is 8.36. The van der Waals surface area contributed by atoms with E-state index >= 15 is 0 Å². The Morgan fingerprint density at radius 1 is 1.11 bits per heavy atom. The Morgan fingerprint density at radius 2 is 1.82 bits per heavy atom. The van der Waals surface area contributed by atoms with E-state index in [9.17, 15) is 9.18 Å². The lowest BCUT2D eigenvalue weighted by molar-refractivity contribution is -0.131. The molecule has 3 heterocycles. The lowest BCUT2D eigenvalue weighted by atomic mass is 10.1. The summed E-state index contributed by atoms with van der Waals surface area (Å²) in [6.45, 7) is 8.01. The van der Waals surface area contributed by atoms with E-state index in [0.717, 1.165) is 52.1 Å². The first-order valence-electron chi connectivity index (χ1n) is 9.90. The Morgan fingerprint density at radius 3 is 2.54 bits per heavy atom. The average Bonchev–Trinajstić information content (AvgIpc) is 3.38. The molecule has 0 unspecified atom stereocenters. The van der Waals surface area contributed by atoms with Gasteiger partial charge in [-0.25, -0.2) is 4.39 Å². The first-order chi connectivity index (χ1) is 13.6. The molecule has 0 spiro atoms. The number of benzene rings is 1. The van der Waals surface area contributed by atoms with E-state index in [-0.39, 0.29) is 11.7 Å². The largest absolute Gasteiger partial charge is 0.342 e. The van der Waals surface area contributed by atoms with Gasteiger partial charge in [0.25, 0.3) is 0 Å². The Hall–Kier alpha value is -2.32. The third kappa shape index (κ3) is 4.39. The first kappa shape index (κ1) is 19.0. The molecule has 0 radical (unpaired) electrons. The van der Waals surface area contributed by atoms with E-state index in [0.29, 0.717) is 35.9 Å². The monoisotopic (exact) mass is 387 g/mol. The molecular weight excluding hydrogens is 361 g/mol. The fourth-order valence-corrected chi connectivity index (χ4v) is 3.72. The molecule has 4 rings (SSSR count). The molecule has 0 aliphatic carbocycles. The van der Waals surface area contributed by atoms with Gasteiger partial charge in [0.1, 0.15) is 5.82 Å². The van der Waals surface area contributed by atoms with Crippen molar-refractivity contribution in [3.05, 3.63) is 35.5 Å². The topological polar surface area (TPSA) is 65.7 Å². The molecule has 1 amide bonds. The predicted octanol–water partition coefficient (Wildman–Crippen LogP) is 1.92. The molecule has 0 bridgehead atoms. The van der Waals surface area contributed by atoms with E-state index in [4.69, 9.17) is 4.52 Å².